The Bertz CT molecular complexity index is 449. The molecule has 2 N–H and O–H groups in total. The number of benzene rings is 1. The smallest absolute Gasteiger partial charge is 1.00 e. The van der Waals surface area contributed by atoms with Gasteiger partial charge in [-0.1, -0.05) is 94.2 Å². The number of hydrogen-bond acceptors (Lipinski definition) is 2. The second kappa shape index (κ2) is 21.7. The molecule has 1 aromatic rings. The number of hydrogen-bond donors (Lipinski definition) is 2. The summed E-state index contributed by atoms with van der Waals surface area (Å²) < 4.78 is 0. The zero-order valence-corrected chi connectivity index (χ0v) is 19.9. The van der Waals surface area contributed by atoms with Crippen LogP contribution in [-0.2, 0) is 9.59 Å². The predicted octanol–water partition coefficient (Wildman–Crippen LogP) is -0.589. The van der Waals surface area contributed by atoms with Crippen molar-refractivity contribution in [3.05, 3.63) is 42.8 Å². The van der Waals surface area contributed by atoms with Gasteiger partial charge in [-0.3, -0.25) is 9.59 Å². The fourth-order valence-electron chi connectivity index (χ4n) is 2.37. The minimum absolute atomic E-state index is 0. The van der Waals surface area contributed by atoms with E-state index in [1.54, 1.807) is 0 Å². The van der Waals surface area contributed by atoms with Crippen molar-refractivity contribution in [2.45, 2.75) is 70.6 Å². The number of rotatable bonds is 11. The summed E-state index contributed by atoms with van der Waals surface area (Å²) in [5, 5.41) is 15.4. The Morgan fingerprint density at radius 1 is 0.962 bits per heavy atom. The zero-order valence-electron chi connectivity index (χ0n) is 17.7. The Labute approximate surface area is 214 Å². The van der Waals surface area contributed by atoms with Gasteiger partial charge in [0.15, 0.2) is 0 Å². The van der Waals surface area contributed by atoms with Crippen molar-refractivity contribution in [2.75, 3.05) is 0 Å². The van der Waals surface area contributed by atoms with Gasteiger partial charge < -0.3 is 18.6 Å². The van der Waals surface area contributed by atoms with E-state index >= 15 is 0 Å². The third kappa shape index (κ3) is 20.7. The first-order valence-corrected chi connectivity index (χ1v) is 8.79. The molecular formula is C20H32KLiO4. The van der Waals surface area contributed by atoms with E-state index in [1.807, 2.05) is 0 Å². The third-order valence-corrected chi connectivity index (χ3v) is 3.73. The van der Waals surface area contributed by atoms with Crippen LogP contribution in [0, 0.1) is 6.92 Å². The normalized spacial score (nSPS) is 10.4. The van der Waals surface area contributed by atoms with E-state index in [-0.39, 0.29) is 71.7 Å². The topological polar surface area (TPSA) is 74.6 Å². The molecule has 1 aromatic carbocycles. The molecule has 0 aliphatic rings. The van der Waals surface area contributed by atoms with Crippen LogP contribution >= 0.6 is 0 Å². The van der Waals surface area contributed by atoms with Gasteiger partial charge in [-0.25, -0.2) is 0 Å². The Hall–Kier alpha value is 0.394. The van der Waals surface area contributed by atoms with Crippen LogP contribution in [-0.4, -0.2) is 22.2 Å². The van der Waals surface area contributed by atoms with Crippen LogP contribution in [0.1, 0.15) is 77.6 Å². The molecule has 138 valence electrons. The molecule has 26 heavy (non-hydrogen) atoms. The number of carboxylic acids is 2. The summed E-state index contributed by atoms with van der Waals surface area (Å²) in [5.41, 5.74) is 1.39. The van der Waals surface area contributed by atoms with Crippen LogP contribution in [0.2, 0.25) is 0 Å². The summed E-state index contributed by atoms with van der Waals surface area (Å²) in [4.78, 5) is 18.9. The van der Waals surface area contributed by atoms with Gasteiger partial charge >= 0.3 is 82.2 Å². The van der Waals surface area contributed by atoms with Gasteiger partial charge in [0.25, 0.3) is 0 Å². The zero-order chi connectivity index (χ0) is 18.2. The fourth-order valence-corrected chi connectivity index (χ4v) is 2.37. The predicted molar refractivity (Wildman–Crippen MR) is 98.2 cm³/mol. The molecule has 6 heteroatoms. The molecule has 1 rings (SSSR count). The van der Waals surface area contributed by atoms with Gasteiger partial charge in [0, 0.05) is 0 Å². The molecule has 0 bridgehead atoms. The third-order valence-electron chi connectivity index (χ3n) is 3.73. The molecule has 4 nitrogen and oxygen atoms in total. The molecule has 0 aliphatic heterocycles. The van der Waals surface area contributed by atoms with E-state index in [2.05, 4.69) is 44.2 Å². The first-order chi connectivity index (χ1) is 11.5. The Balaban J connectivity index is -0.000000230. The monoisotopic (exact) mass is 382 g/mol. The Morgan fingerprint density at radius 3 is 1.85 bits per heavy atom. The van der Waals surface area contributed by atoms with Gasteiger partial charge in [0.05, 0.1) is 0 Å². The molecule has 0 fully saturated rings. The van der Waals surface area contributed by atoms with Crippen molar-refractivity contribution in [2.24, 2.45) is 0 Å². The standard InChI is InChI=1S/C17H27.C3H4O4.K.Li.H/c1-3-4-5-6-7-8-10-13-16(2)17-14-11-9-12-15-17;4-2(5)1-3(6)7;;;/h9,11-12,14-16H,2-8,10,13H2,1H3;1H2,(H,4,5)(H,6,7);;;/q-1;;2*+1;-1. The maximum Gasteiger partial charge on any atom is 1.00 e. The van der Waals surface area contributed by atoms with Crippen molar-refractivity contribution >= 4 is 11.9 Å². The number of unbranched alkanes of at least 4 members (excludes halogenated alkanes) is 6. The maximum absolute atomic E-state index is 9.43. The Morgan fingerprint density at radius 2 is 1.42 bits per heavy atom. The molecule has 1 unspecified atom stereocenters. The summed E-state index contributed by atoms with van der Waals surface area (Å²) in [6.07, 6.45) is 10.1. The number of carbonyl (C=O) groups is 2. The molecule has 0 aliphatic carbocycles. The van der Waals surface area contributed by atoms with Gasteiger partial charge in [-0.05, 0) is 0 Å². The molecule has 0 spiro atoms. The van der Waals surface area contributed by atoms with E-state index in [9.17, 15) is 9.59 Å². The quantitative estimate of drug-likeness (QED) is 0.232. The molecule has 0 aromatic heterocycles. The summed E-state index contributed by atoms with van der Waals surface area (Å²) in [6.45, 7) is 6.53. The second-order valence-corrected chi connectivity index (χ2v) is 5.98. The molecular weight excluding hydrogens is 350 g/mol. The van der Waals surface area contributed by atoms with E-state index < -0.39 is 18.4 Å². The Kier molecular flexibility index (Phi) is 25.9. The van der Waals surface area contributed by atoms with Crippen LogP contribution in [0.15, 0.2) is 30.3 Å². The summed E-state index contributed by atoms with van der Waals surface area (Å²) in [6, 6.07) is 10.7. The van der Waals surface area contributed by atoms with Crippen LogP contribution in [0.4, 0.5) is 0 Å². The molecule has 0 amide bonds. The van der Waals surface area contributed by atoms with E-state index in [1.165, 1.54) is 56.9 Å². The molecule has 0 radical (unpaired) electrons. The molecule has 0 heterocycles. The minimum Gasteiger partial charge on any atom is -1.00 e. The first kappa shape index (κ1) is 31.1. The van der Waals surface area contributed by atoms with Crippen LogP contribution < -0.4 is 70.2 Å². The molecule has 1 atom stereocenters. The van der Waals surface area contributed by atoms with Gasteiger partial charge in [0.1, 0.15) is 6.42 Å². The van der Waals surface area contributed by atoms with Crippen LogP contribution in [0.3, 0.4) is 0 Å². The second-order valence-electron chi connectivity index (χ2n) is 5.98. The largest absolute Gasteiger partial charge is 1.00 e. The molecule has 0 saturated carbocycles. The minimum atomic E-state index is -1.31. The van der Waals surface area contributed by atoms with Crippen LogP contribution in [0.5, 0.6) is 0 Å². The summed E-state index contributed by atoms with van der Waals surface area (Å²) >= 11 is 0. The van der Waals surface area contributed by atoms with E-state index in [0.717, 1.165) is 0 Å². The van der Waals surface area contributed by atoms with Crippen molar-refractivity contribution < 1.29 is 91.5 Å². The average molecular weight is 383 g/mol. The van der Waals surface area contributed by atoms with Crippen molar-refractivity contribution in [1.82, 2.24) is 0 Å². The van der Waals surface area contributed by atoms with E-state index in [0.29, 0.717) is 5.92 Å². The number of carboxylic acid groups (broad SMARTS) is 2. The SMILES string of the molecule is O=C(O)CC(=O)O.[CH2-]C(CCCCCCCCC)c1ccccc1.[H-].[K+].[Li+]. The van der Waals surface area contributed by atoms with Gasteiger partial charge in [0.2, 0.25) is 0 Å². The maximum atomic E-state index is 9.43. The first-order valence-electron chi connectivity index (χ1n) is 8.79. The van der Waals surface area contributed by atoms with Crippen molar-refractivity contribution in [3.8, 4) is 0 Å². The average Bonchev–Trinajstić information content (AvgIpc) is 2.54. The van der Waals surface area contributed by atoms with Gasteiger partial charge in [-0.15, -0.1) is 5.92 Å². The summed E-state index contributed by atoms with van der Waals surface area (Å²) in [5.74, 6) is -2.15. The summed E-state index contributed by atoms with van der Waals surface area (Å²) in [7, 11) is 0. The number of aliphatic carboxylic acids is 2. The van der Waals surface area contributed by atoms with Crippen LogP contribution in [0.25, 0.3) is 0 Å². The van der Waals surface area contributed by atoms with Gasteiger partial charge in [-0.2, -0.15) is 0 Å². The fraction of sp³-hybridized carbons (Fsp3) is 0.550. The van der Waals surface area contributed by atoms with Crippen molar-refractivity contribution in [3.63, 3.8) is 0 Å². The molecule has 0 saturated heterocycles. The van der Waals surface area contributed by atoms with E-state index in [4.69, 9.17) is 10.2 Å². The van der Waals surface area contributed by atoms with Crippen molar-refractivity contribution in [1.29, 1.82) is 0 Å².